The van der Waals surface area contributed by atoms with E-state index in [-0.39, 0.29) is 5.56 Å². The molecule has 0 fully saturated rings. The van der Waals surface area contributed by atoms with Gasteiger partial charge in [-0.15, -0.1) is 6.58 Å². The Kier molecular flexibility index (Phi) is 4.05. The lowest BCUT2D eigenvalue weighted by atomic mass is 10.0. The van der Waals surface area contributed by atoms with Crippen LogP contribution >= 0.6 is 0 Å². The lowest BCUT2D eigenvalue weighted by Gasteiger charge is -2.15. The van der Waals surface area contributed by atoms with E-state index in [1.54, 1.807) is 6.20 Å². The highest BCUT2D eigenvalue weighted by Gasteiger charge is 2.20. The van der Waals surface area contributed by atoms with Crippen LogP contribution in [-0.2, 0) is 13.0 Å². The second-order valence-electron chi connectivity index (χ2n) is 6.83. The van der Waals surface area contributed by atoms with Gasteiger partial charge in [0.1, 0.15) is 5.69 Å². The van der Waals surface area contributed by atoms with Crippen molar-refractivity contribution in [2.75, 3.05) is 0 Å². The van der Waals surface area contributed by atoms with Gasteiger partial charge in [0.2, 0.25) is 0 Å². The summed E-state index contributed by atoms with van der Waals surface area (Å²) in [7, 11) is 0. The van der Waals surface area contributed by atoms with E-state index in [9.17, 15) is 4.79 Å². The largest absolute Gasteiger partial charge is 0.294 e. The van der Waals surface area contributed by atoms with Crippen LogP contribution in [0.3, 0.4) is 0 Å². The Balaban J connectivity index is 1.63. The monoisotopic (exact) mass is 382 g/mol. The van der Waals surface area contributed by atoms with Gasteiger partial charge in [-0.05, 0) is 41.8 Å². The number of benzene rings is 2. The first-order valence-corrected chi connectivity index (χ1v) is 9.31. The van der Waals surface area contributed by atoms with Gasteiger partial charge in [-0.3, -0.25) is 9.48 Å². The van der Waals surface area contributed by atoms with Crippen molar-refractivity contribution in [2.24, 2.45) is 0 Å². The predicted molar refractivity (Wildman–Crippen MR) is 111 cm³/mol. The van der Waals surface area contributed by atoms with Crippen molar-refractivity contribution >= 4 is 10.9 Å². The average molecular weight is 382 g/mol. The van der Waals surface area contributed by atoms with E-state index in [0.29, 0.717) is 24.4 Å². The zero-order chi connectivity index (χ0) is 19.8. The molecule has 2 aliphatic heterocycles. The first-order chi connectivity index (χ1) is 14.2. The zero-order valence-corrected chi connectivity index (χ0v) is 15.6. The normalized spacial score (nSPS) is 11.3. The quantitative estimate of drug-likeness (QED) is 0.473. The molecule has 0 bridgehead atoms. The Bertz CT molecular complexity index is 1330. The number of H-pyrrole nitrogens is 1. The molecule has 2 aliphatic rings. The molecule has 29 heavy (non-hydrogen) atoms. The predicted octanol–water partition coefficient (Wildman–Crippen LogP) is 3.19. The highest BCUT2D eigenvalue weighted by atomic mass is 16.1. The van der Waals surface area contributed by atoms with Gasteiger partial charge >= 0.3 is 0 Å². The molecule has 0 atom stereocenters. The van der Waals surface area contributed by atoms with E-state index in [0.717, 1.165) is 27.7 Å². The van der Waals surface area contributed by atoms with Crippen molar-refractivity contribution in [2.45, 2.75) is 13.0 Å². The second-order valence-corrected chi connectivity index (χ2v) is 6.83. The van der Waals surface area contributed by atoms with Gasteiger partial charge in [0, 0.05) is 17.8 Å². The number of aromatic nitrogens is 6. The molecule has 0 aliphatic carbocycles. The molecule has 0 radical (unpaired) electrons. The summed E-state index contributed by atoms with van der Waals surface area (Å²) in [4.78, 5) is 12.2. The zero-order valence-electron chi connectivity index (χ0n) is 15.6. The molecule has 142 valence electrons. The van der Waals surface area contributed by atoms with Crippen LogP contribution in [-0.4, -0.2) is 29.8 Å². The Morgan fingerprint density at radius 3 is 2.69 bits per heavy atom. The van der Waals surface area contributed by atoms with Crippen LogP contribution in [0.2, 0.25) is 0 Å². The molecular formula is C22H18N6O. The minimum atomic E-state index is -0.280. The number of allylic oxidation sites excluding steroid dienone is 1. The minimum Gasteiger partial charge on any atom is -0.265 e. The molecular weight excluding hydrogens is 364 g/mol. The van der Waals surface area contributed by atoms with Gasteiger partial charge in [0.15, 0.2) is 5.69 Å². The van der Waals surface area contributed by atoms with Crippen molar-refractivity contribution in [3.05, 3.63) is 95.1 Å². The summed E-state index contributed by atoms with van der Waals surface area (Å²) < 4.78 is 3.68. The number of nitrogens with one attached hydrogen (secondary N) is 1. The molecule has 3 aromatic rings. The first-order valence-electron chi connectivity index (χ1n) is 9.31. The van der Waals surface area contributed by atoms with Crippen LogP contribution < -0.4 is 5.56 Å². The number of aromatic amines is 1. The summed E-state index contributed by atoms with van der Waals surface area (Å²) >= 11 is 0. The molecule has 3 heterocycles. The number of nitrogens with zero attached hydrogens (tertiary/aromatic N) is 5. The molecule has 0 saturated carbocycles. The third kappa shape index (κ3) is 2.93. The third-order valence-corrected chi connectivity index (χ3v) is 4.97. The van der Waals surface area contributed by atoms with Gasteiger partial charge in [0.25, 0.3) is 5.56 Å². The van der Waals surface area contributed by atoms with Crippen molar-refractivity contribution in [3.8, 4) is 17.1 Å². The standard InChI is InChI=1S/C22H18N6O/c1-2-5-16-6-3-7-18-19(16)20-21(22(29)25-24-20)26-28(18)14-15-8-10-17(11-9-15)27-13-4-12-23-27/h2-4,6-13H,1,5,14H2,(H,25,29). The SMILES string of the molecule is C=CCc1cccc2c1c1n[nH]c(=O)c-1nn2Cc1ccc(-n2cccn2)cc1. The second kappa shape index (κ2) is 6.87. The molecule has 1 N–H and O–H groups in total. The number of hydrogen-bond donors (Lipinski definition) is 1. The van der Waals surface area contributed by atoms with Crippen molar-refractivity contribution < 1.29 is 0 Å². The van der Waals surface area contributed by atoms with Crippen LogP contribution in [0, 0.1) is 0 Å². The van der Waals surface area contributed by atoms with E-state index < -0.39 is 0 Å². The maximum atomic E-state index is 12.2. The average Bonchev–Trinajstić information content (AvgIpc) is 3.40. The fraction of sp³-hybridized carbons (Fsp3) is 0.0909. The molecule has 0 amide bonds. The molecule has 5 rings (SSSR count). The maximum Gasteiger partial charge on any atom is 0.294 e. The Hall–Kier alpha value is -4.00. The van der Waals surface area contributed by atoms with E-state index in [4.69, 9.17) is 0 Å². The van der Waals surface area contributed by atoms with Crippen LogP contribution in [0.25, 0.3) is 28.0 Å². The lowest BCUT2D eigenvalue weighted by Crippen LogP contribution is -2.13. The van der Waals surface area contributed by atoms with Gasteiger partial charge in [-0.25, -0.2) is 9.78 Å². The summed E-state index contributed by atoms with van der Waals surface area (Å²) in [5.74, 6) is 0. The summed E-state index contributed by atoms with van der Waals surface area (Å²) in [6.45, 7) is 4.38. The highest BCUT2D eigenvalue weighted by molar-refractivity contribution is 5.94. The lowest BCUT2D eigenvalue weighted by molar-refractivity contribution is 0.698. The van der Waals surface area contributed by atoms with E-state index in [2.05, 4.69) is 27.0 Å². The van der Waals surface area contributed by atoms with E-state index in [1.165, 1.54) is 0 Å². The Morgan fingerprint density at radius 2 is 1.93 bits per heavy atom. The van der Waals surface area contributed by atoms with Gasteiger partial charge in [-0.2, -0.15) is 15.3 Å². The molecule has 0 spiro atoms. The van der Waals surface area contributed by atoms with Crippen LogP contribution in [0.5, 0.6) is 0 Å². The molecule has 2 aromatic carbocycles. The Morgan fingerprint density at radius 1 is 1.07 bits per heavy atom. The van der Waals surface area contributed by atoms with Crippen LogP contribution in [0.4, 0.5) is 0 Å². The highest BCUT2D eigenvalue weighted by Crippen LogP contribution is 2.29. The van der Waals surface area contributed by atoms with Crippen molar-refractivity contribution in [3.63, 3.8) is 0 Å². The van der Waals surface area contributed by atoms with E-state index in [1.807, 2.05) is 70.2 Å². The first kappa shape index (κ1) is 17.1. The van der Waals surface area contributed by atoms with Crippen molar-refractivity contribution in [1.82, 2.24) is 29.8 Å². The topological polar surface area (TPSA) is 81.4 Å². The molecule has 7 heteroatoms. The molecule has 0 unspecified atom stereocenters. The van der Waals surface area contributed by atoms with Gasteiger partial charge in [-0.1, -0.05) is 30.3 Å². The van der Waals surface area contributed by atoms with Crippen LogP contribution in [0.1, 0.15) is 11.1 Å². The fourth-order valence-electron chi connectivity index (χ4n) is 3.63. The third-order valence-electron chi connectivity index (χ3n) is 4.97. The fourth-order valence-corrected chi connectivity index (χ4v) is 3.63. The minimum absolute atomic E-state index is 0.280. The summed E-state index contributed by atoms with van der Waals surface area (Å²) in [6, 6.07) is 16.0. The molecule has 1 aromatic heterocycles. The Labute approximate surface area is 166 Å². The van der Waals surface area contributed by atoms with Crippen LogP contribution in [0.15, 0.2) is 78.4 Å². The summed E-state index contributed by atoms with van der Waals surface area (Å²) in [5, 5.41) is 16.5. The number of rotatable bonds is 5. The van der Waals surface area contributed by atoms with E-state index >= 15 is 0 Å². The smallest absolute Gasteiger partial charge is 0.265 e. The summed E-state index contributed by atoms with van der Waals surface area (Å²) in [5.41, 5.74) is 4.73. The van der Waals surface area contributed by atoms with Crippen molar-refractivity contribution in [1.29, 1.82) is 0 Å². The van der Waals surface area contributed by atoms with Gasteiger partial charge in [0.05, 0.1) is 17.7 Å². The number of fused-ring (bicyclic) bond motifs is 3. The maximum absolute atomic E-state index is 12.2. The van der Waals surface area contributed by atoms with Gasteiger partial charge < -0.3 is 0 Å². The molecule has 7 nitrogen and oxygen atoms in total. The molecule has 0 saturated heterocycles. The number of hydrogen-bond acceptors (Lipinski definition) is 4. The summed E-state index contributed by atoms with van der Waals surface area (Å²) in [6.07, 6.45) is 6.20.